The minimum atomic E-state index is -0.0623. The van der Waals surface area contributed by atoms with Crippen molar-refractivity contribution in [2.24, 2.45) is 0 Å². The average Bonchev–Trinajstić information content (AvgIpc) is 2.47. The van der Waals surface area contributed by atoms with Gasteiger partial charge in [-0.3, -0.25) is 4.79 Å². The monoisotopic (exact) mass is 292 g/mol. The van der Waals surface area contributed by atoms with E-state index in [1.807, 2.05) is 36.0 Å². The summed E-state index contributed by atoms with van der Waals surface area (Å²) >= 11 is 1.82. The molecule has 0 radical (unpaired) electrons. The zero-order valence-electron chi connectivity index (χ0n) is 12.5. The minimum Gasteiger partial charge on any atom is -0.399 e. The van der Waals surface area contributed by atoms with E-state index in [4.69, 9.17) is 5.73 Å². The fourth-order valence-electron chi connectivity index (χ4n) is 2.00. The number of benzene rings is 1. The average molecular weight is 292 g/mol. The molecule has 0 fully saturated rings. The van der Waals surface area contributed by atoms with Crippen molar-refractivity contribution in [3.8, 4) is 0 Å². The summed E-state index contributed by atoms with van der Waals surface area (Å²) in [6, 6.07) is 7.46. The summed E-state index contributed by atoms with van der Waals surface area (Å²) in [7, 11) is 0. The number of anilines is 1. The quantitative estimate of drug-likeness (QED) is 0.599. The maximum Gasteiger partial charge on any atom is 0.244 e. The van der Waals surface area contributed by atoms with Crippen LogP contribution in [0.4, 0.5) is 5.69 Å². The van der Waals surface area contributed by atoms with Gasteiger partial charge in [0.05, 0.1) is 0 Å². The number of rotatable bonds is 7. The molecule has 0 aliphatic carbocycles. The van der Waals surface area contributed by atoms with Gasteiger partial charge in [0.1, 0.15) is 0 Å². The first-order chi connectivity index (χ1) is 9.55. The molecule has 0 unspecified atom stereocenters. The lowest BCUT2D eigenvalue weighted by atomic mass is 10.0. The summed E-state index contributed by atoms with van der Waals surface area (Å²) in [4.78, 5) is 11.9. The third-order valence-electron chi connectivity index (χ3n) is 3.64. The number of carbonyl (C=O) groups excluding carboxylic acids is 1. The van der Waals surface area contributed by atoms with Crippen molar-refractivity contribution in [2.75, 3.05) is 18.5 Å². The summed E-state index contributed by atoms with van der Waals surface area (Å²) in [5.74, 6) is -0.0623. The van der Waals surface area contributed by atoms with Crippen LogP contribution >= 0.6 is 11.8 Å². The molecule has 0 aromatic heterocycles. The van der Waals surface area contributed by atoms with E-state index in [-0.39, 0.29) is 10.7 Å². The van der Waals surface area contributed by atoms with E-state index >= 15 is 0 Å². The third kappa shape index (κ3) is 4.93. The van der Waals surface area contributed by atoms with Gasteiger partial charge in [-0.05, 0) is 42.9 Å². The zero-order valence-corrected chi connectivity index (χ0v) is 13.3. The highest BCUT2D eigenvalue weighted by atomic mass is 32.2. The highest BCUT2D eigenvalue weighted by Crippen LogP contribution is 2.29. The molecule has 0 saturated heterocycles. The molecule has 0 aliphatic heterocycles. The second-order valence-electron chi connectivity index (χ2n) is 4.82. The second kappa shape index (κ2) is 8.00. The van der Waals surface area contributed by atoms with Crippen molar-refractivity contribution >= 4 is 29.4 Å². The van der Waals surface area contributed by atoms with Crippen LogP contribution in [-0.4, -0.2) is 23.5 Å². The molecule has 0 spiro atoms. The number of hydrogen-bond donors (Lipinski definition) is 2. The van der Waals surface area contributed by atoms with Crippen LogP contribution in [0.3, 0.4) is 0 Å². The van der Waals surface area contributed by atoms with Crippen LogP contribution < -0.4 is 11.1 Å². The van der Waals surface area contributed by atoms with Crippen LogP contribution in [0.15, 0.2) is 30.3 Å². The number of carbonyl (C=O) groups is 1. The second-order valence-corrected chi connectivity index (χ2v) is 6.09. The Morgan fingerprint density at radius 2 is 2.10 bits per heavy atom. The molecule has 1 amide bonds. The summed E-state index contributed by atoms with van der Waals surface area (Å²) in [6.45, 7) is 5.02. The standard InChI is InChI=1S/C16H24N2OS/c1-4-16(5-2,20-3)12-18-15(19)10-9-13-7-6-8-14(17)11-13/h6-11H,4-5,12,17H2,1-3H3,(H,18,19)/b10-9+. The van der Waals surface area contributed by atoms with E-state index < -0.39 is 0 Å². The molecule has 0 bridgehead atoms. The van der Waals surface area contributed by atoms with Gasteiger partial charge < -0.3 is 11.1 Å². The van der Waals surface area contributed by atoms with Crippen LogP contribution in [0.1, 0.15) is 32.3 Å². The van der Waals surface area contributed by atoms with Gasteiger partial charge in [0, 0.05) is 23.1 Å². The van der Waals surface area contributed by atoms with Crippen LogP contribution in [0.5, 0.6) is 0 Å². The number of amides is 1. The highest BCUT2D eigenvalue weighted by Gasteiger charge is 2.24. The summed E-state index contributed by atoms with van der Waals surface area (Å²) in [6.07, 6.45) is 7.53. The molecule has 1 aromatic carbocycles. The van der Waals surface area contributed by atoms with Crippen molar-refractivity contribution < 1.29 is 4.79 Å². The predicted molar refractivity (Wildman–Crippen MR) is 89.7 cm³/mol. The highest BCUT2D eigenvalue weighted by molar-refractivity contribution is 8.00. The van der Waals surface area contributed by atoms with Crippen LogP contribution in [0.25, 0.3) is 6.08 Å². The maximum atomic E-state index is 11.9. The summed E-state index contributed by atoms with van der Waals surface area (Å²) in [5.41, 5.74) is 7.33. The van der Waals surface area contributed by atoms with Crippen LogP contribution in [0, 0.1) is 0 Å². The van der Waals surface area contributed by atoms with E-state index in [9.17, 15) is 4.79 Å². The first-order valence-electron chi connectivity index (χ1n) is 6.92. The fraction of sp³-hybridized carbons (Fsp3) is 0.438. The van der Waals surface area contributed by atoms with Gasteiger partial charge in [-0.1, -0.05) is 26.0 Å². The first-order valence-corrected chi connectivity index (χ1v) is 8.14. The lowest BCUT2D eigenvalue weighted by Gasteiger charge is -2.29. The Labute approximate surface area is 126 Å². The van der Waals surface area contributed by atoms with Gasteiger partial charge in [-0.25, -0.2) is 0 Å². The number of nitrogens with two attached hydrogens (primary N) is 1. The zero-order chi connectivity index (χ0) is 15.0. The SMILES string of the molecule is CCC(CC)(CNC(=O)/C=C/c1cccc(N)c1)SC. The van der Waals surface area contributed by atoms with Gasteiger partial charge in [-0.15, -0.1) is 0 Å². The molecule has 3 nitrogen and oxygen atoms in total. The Balaban J connectivity index is 2.55. The van der Waals surface area contributed by atoms with Crippen LogP contribution in [-0.2, 0) is 4.79 Å². The van der Waals surface area contributed by atoms with E-state index in [1.54, 1.807) is 12.2 Å². The van der Waals surface area contributed by atoms with Gasteiger partial charge in [0.15, 0.2) is 0 Å². The lowest BCUT2D eigenvalue weighted by Crippen LogP contribution is -2.38. The topological polar surface area (TPSA) is 55.1 Å². The van der Waals surface area contributed by atoms with Crippen molar-refractivity contribution in [1.29, 1.82) is 0 Å². The fourth-order valence-corrected chi connectivity index (χ4v) is 2.80. The molecule has 3 N–H and O–H groups in total. The smallest absolute Gasteiger partial charge is 0.244 e. The molecular formula is C16H24N2OS. The molecule has 4 heteroatoms. The van der Waals surface area contributed by atoms with E-state index in [0.29, 0.717) is 12.2 Å². The molecule has 110 valence electrons. The molecule has 1 rings (SSSR count). The summed E-state index contributed by atoms with van der Waals surface area (Å²) in [5, 5.41) is 2.98. The van der Waals surface area contributed by atoms with E-state index in [2.05, 4.69) is 25.4 Å². The van der Waals surface area contributed by atoms with Crippen LogP contribution in [0.2, 0.25) is 0 Å². The Kier molecular flexibility index (Phi) is 6.65. The molecule has 0 aliphatic rings. The molecule has 1 aromatic rings. The summed E-state index contributed by atoms with van der Waals surface area (Å²) < 4.78 is 0.140. The molecule has 0 atom stereocenters. The van der Waals surface area contributed by atoms with Crippen molar-refractivity contribution in [3.05, 3.63) is 35.9 Å². The number of hydrogen-bond acceptors (Lipinski definition) is 3. The largest absolute Gasteiger partial charge is 0.399 e. The molecule has 0 heterocycles. The van der Waals surface area contributed by atoms with E-state index in [0.717, 1.165) is 18.4 Å². The van der Waals surface area contributed by atoms with Gasteiger partial charge in [-0.2, -0.15) is 11.8 Å². The van der Waals surface area contributed by atoms with Crippen molar-refractivity contribution in [3.63, 3.8) is 0 Å². The van der Waals surface area contributed by atoms with Crippen molar-refractivity contribution in [2.45, 2.75) is 31.4 Å². The minimum absolute atomic E-state index is 0.0623. The third-order valence-corrected chi connectivity index (χ3v) is 5.23. The van der Waals surface area contributed by atoms with E-state index in [1.165, 1.54) is 0 Å². The molecule has 0 saturated carbocycles. The van der Waals surface area contributed by atoms with Gasteiger partial charge in [0.25, 0.3) is 0 Å². The Hall–Kier alpha value is -1.42. The number of nitrogen functional groups attached to an aromatic ring is 1. The molecular weight excluding hydrogens is 268 g/mol. The normalized spacial score (nSPS) is 11.8. The maximum absolute atomic E-state index is 11.9. The Morgan fingerprint density at radius 3 is 2.65 bits per heavy atom. The van der Waals surface area contributed by atoms with Crippen molar-refractivity contribution in [1.82, 2.24) is 5.32 Å². The van der Waals surface area contributed by atoms with Gasteiger partial charge in [0.2, 0.25) is 5.91 Å². The lowest BCUT2D eigenvalue weighted by molar-refractivity contribution is -0.116. The number of thioether (sulfide) groups is 1. The first kappa shape index (κ1) is 16.6. The Bertz CT molecular complexity index is 459. The predicted octanol–water partition coefficient (Wildman–Crippen LogP) is 3.32. The number of nitrogens with one attached hydrogen (secondary N) is 1. The van der Waals surface area contributed by atoms with Gasteiger partial charge >= 0.3 is 0 Å². The Morgan fingerprint density at radius 1 is 1.40 bits per heavy atom. The molecule has 20 heavy (non-hydrogen) atoms.